The Hall–Kier alpha value is -1.14. The molecule has 1 aromatic carbocycles. The molecule has 2 aliphatic heterocycles. The lowest BCUT2D eigenvalue weighted by atomic mass is 9.72. The van der Waals surface area contributed by atoms with Crippen molar-refractivity contribution >= 4 is 20.2 Å². The van der Waals surface area contributed by atoms with Gasteiger partial charge in [0.05, 0.1) is 13.2 Å². The number of benzene rings is 1. The van der Waals surface area contributed by atoms with Crippen LogP contribution in [0.25, 0.3) is 0 Å². The maximum absolute atomic E-state index is 5.78. The highest BCUT2D eigenvalue weighted by Gasteiger charge is 2.31. The van der Waals surface area contributed by atoms with Crippen LogP contribution in [-0.4, -0.2) is 65.1 Å². The van der Waals surface area contributed by atoms with Crippen molar-refractivity contribution in [1.82, 2.24) is 9.62 Å². The van der Waals surface area contributed by atoms with Crippen LogP contribution in [0.3, 0.4) is 0 Å². The quantitative estimate of drug-likeness (QED) is 0.790. The lowest BCUT2D eigenvalue weighted by Crippen LogP contribution is -2.40. The zero-order valence-electron chi connectivity index (χ0n) is 14.7. The molecule has 0 amide bonds. The van der Waals surface area contributed by atoms with Crippen molar-refractivity contribution < 1.29 is 4.74 Å². The molecule has 5 heteroatoms. The number of rotatable bonds is 3. The van der Waals surface area contributed by atoms with E-state index in [1.54, 1.807) is 0 Å². The molecule has 2 saturated heterocycles. The van der Waals surface area contributed by atoms with E-state index in [0.29, 0.717) is 6.98 Å². The average Bonchev–Trinajstić information content (AvgIpc) is 3.09. The van der Waals surface area contributed by atoms with Crippen LogP contribution in [0.5, 0.6) is 0 Å². The minimum atomic E-state index is -1.59. The normalized spacial score (nSPS) is 24.3. The van der Waals surface area contributed by atoms with Crippen molar-refractivity contribution in [2.24, 2.45) is 0 Å². The standard InChI is InChI=1S/C18H27BN2OSi/c1-20-10-11-21(2)19(20)12-16-13-22-14-17(16)15-23(3,4)18-8-6-5-7-9-18/h5-9,12,15H,10-11,13-14H2,1-4H3. The van der Waals surface area contributed by atoms with Crippen LogP contribution in [0, 0.1) is 0 Å². The van der Waals surface area contributed by atoms with E-state index in [-0.39, 0.29) is 0 Å². The molecule has 0 unspecified atom stereocenters. The fourth-order valence-electron chi connectivity index (χ4n) is 3.48. The molecule has 2 fully saturated rings. The summed E-state index contributed by atoms with van der Waals surface area (Å²) in [7, 11) is 2.82. The van der Waals surface area contributed by atoms with Crippen LogP contribution in [0.1, 0.15) is 0 Å². The molecular weight excluding hydrogens is 299 g/mol. The van der Waals surface area contributed by atoms with E-state index >= 15 is 0 Å². The predicted molar refractivity (Wildman–Crippen MR) is 102 cm³/mol. The maximum atomic E-state index is 5.78. The first-order valence-corrected chi connectivity index (χ1v) is 11.5. The third kappa shape index (κ3) is 3.69. The van der Waals surface area contributed by atoms with Gasteiger partial charge >= 0.3 is 6.98 Å². The lowest BCUT2D eigenvalue weighted by Gasteiger charge is -2.21. The lowest BCUT2D eigenvalue weighted by molar-refractivity contribution is 0.215. The first kappa shape index (κ1) is 16.7. The van der Waals surface area contributed by atoms with Gasteiger partial charge in [-0.15, -0.1) is 0 Å². The number of ether oxygens (including phenoxy) is 1. The molecule has 1 aromatic rings. The highest BCUT2D eigenvalue weighted by molar-refractivity contribution is 6.94. The van der Waals surface area contributed by atoms with Gasteiger partial charge in [0.25, 0.3) is 0 Å². The summed E-state index contributed by atoms with van der Waals surface area (Å²) in [5, 5.41) is 1.48. The van der Waals surface area contributed by atoms with E-state index in [4.69, 9.17) is 4.74 Å². The first-order chi connectivity index (χ1) is 11.0. The zero-order valence-corrected chi connectivity index (χ0v) is 15.7. The maximum Gasteiger partial charge on any atom is 0.338 e. The van der Waals surface area contributed by atoms with Crippen LogP contribution in [0.15, 0.2) is 53.2 Å². The summed E-state index contributed by atoms with van der Waals surface area (Å²) >= 11 is 0. The molecular formula is C18H27BN2OSi. The summed E-state index contributed by atoms with van der Waals surface area (Å²) in [4.78, 5) is 4.81. The molecule has 2 heterocycles. The molecule has 122 valence electrons. The predicted octanol–water partition coefficient (Wildman–Crippen LogP) is 1.93. The van der Waals surface area contributed by atoms with Gasteiger partial charge in [0.1, 0.15) is 8.07 Å². The number of hydrogen-bond donors (Lipinski definition) is 0. The second-order valence-electron chi connectivity index (χ2n) is 7.32. The van der Waals surface area contributed by atoms with E-state index in [2.05, 4.69) is 78.8 Å². The van der Waals surface area contributed by atoms with Crippen molar-refractivity contribution in [2.75, 3.05) is 40.4 Å². The van der Waals surface area contributed by atoms with Crippen molar-refractivity contribution in [1.29, 1.82) is 0 Å². The van der Waals surface area contributed by atoms with Crippen LogP contribution in [0.2, 0.25) is 13.1 Å². The summed E-state index contributed by atoms with van der Waals surface area (Å²) in [6, 6.07) is 10.9. The van der Waals surface area contributed by atoms with Gasteiger partial charge < -0.3 is 14.4 Å². The molecule has 0 radical (unpaired) electrons. The molecule has 0 spiro atoms. The smallest absolute Gasteiger partial charge is 0.338 e. The fourth-order valence-corrected chi connectivity index (χ4v) is 5.84. The topological polar surface area (TPSA) is 15.7 Å². The van der Waals surface area contributed by atoms with Crippen LogP contribution in [0.4, 0.5) is 0 Å². The van der Waals surface area contributed by atoms with Crippen LogP contribution < -0.4 is 5.19 Å². The highest BCUT2D eigenvalue weighted by Crippen LogP contribution is 2.23. The Balaban J connectivity index is 1.86. The average molecular weight is 326 g/mol. The molecule has 23 heavy (non-hydrogen) atoms. The molecule has 0 aliphatic carbocycles. The molecule has 2 aliphatic rings. The first-order valence-electron chi connectivity index (χ1n) is 8.44. The van der Waals surface area contributed by atoms with Gasteiger partial charge in [-0.2, -0.15) is 0 Å². The summed E-state index contributed by atoms with van der Waals surface area (Å²) in [5.74, 6) is 2.40. The van der Waals surface area contributed by atoms with Gasteiger partial charge in [-0.25, -0.2) is 0 Å². The van der Waals surface area contributed by atoms with Crippen LogP contribution in [-0.2, 0) is 4.74 Å². The Labute approximate surface area is 141 Å². The van der Waals surface area contributed by atoms with Crippen LogP contribution >= 0.6 is 0 Å². The summed E-state index contributed by atoms with van der Waals surface area (Å²) < 4.78 is 5.78. The van der Waals surface area contributed by atoms with Gasteiger partial charge in [-0.1, -0.05) is 60.3 Å². The van der Waals surface area contributed by atoms with E-state index in [9.17, 15) is 0 Å². The third-order valence-corrected chi connectivity index (χ3v) is 7.93. The Morgan fingerprint density at radius 2 is 1.61 bits per heavy atom. The molecule has 0 bridgehead atoms. The number of nitrogens with zero attached hydrogens (tertiary/aromatic N) is 2. The molecule has 3 nitrogen and oxygen atoms in total. The van der Waals surface area contributed by atoms with Gasteiger partial charge in [0, 0.05) is 13.1 Å². The van der Waals surface area contributed by atoms with Crippen molar-refractivity contribution in [2.45, 2.75) is 13.1 Å². The van der Waals surface area contributed by atoms with Gasteiger partial charge in [-0.05, 0) is 25.2 Å². The Morgan fingerprint density at radius 3 is 2.26 bits per heavy atom. The zero-order chi connectivity index (χ0) is 16.4. The minimum Gasteiger partial charge on any atom is -0.372 e. The second-order valence-corrected chi connectivity index (χ2v) is 11.6. The Bertz CT molecular complexity index is 605. The van der Waals surface area contributed by atoms with E-state index in [1.807, 2.05) is 0 Å². The molecule has 0 aromatic heterocycles. The Morgan fingerprint density at radius 1 is 1.00 bits per heavy atom. The van der Waals surface area contributed by atoms with E-state index in [0.717, 1.165) is 26.3 Å². The summed E-state index contributed by atoms with van der Waals surface area (Å²) in [6.07, 6.45) is 0. The second kappa shape index (κ2) is 6.77. The van der Waals surface area contributed by atoms with E-state index in [1.165, 1.54) is 16.3 Å². The number of likely N-dealkylation sites (N-methyl/N-ethyl adjacent to an activating group) is 2. The van der Waals surface area contributed by atoms with E-state index < -0.39 is 8.07 Å². The molecule has 3 rings (SSSR count). The largest absolute Gasteiger partial charge is 0.372 e. The number of hydrogen-bond acceptors (Lipinski definition) is 3. The van der Waals surface area contributed by atoms with Gasteiger partial charge in [-0.3, -0.25) is 0 Å². The van der Waals surface area contributed by atoms with Gasteiger partial charge in [0.15, 0.2) is 0 Å². The fraction of sp³-hybridized carbons (Fsp3) is 0.444. The van der Waals surface area contributed by atoms with Crippen molar-refractivity contribution in [3.63, 3.8) is 0 Å². The Kier molecular flexibility index (Phi) is 4.92. The molecule has 0 atom stereocenters. The highest BCUT2D eigenvalue weighted by atomic mass is 28.3. The summed E-state index contributed by atoms with van der Waals surface area (Å²) in [6.45, 7) is 9.01. The summed E-state index contributed by atoms with van der Waals surface area (Å²) in [5.41, 5.74) is 5.31. The van der Waals surface area contributed by atoms with Gasteiger partial charge in [0.2, 0.25) is 0 Å². The monoisotopic (exact) mass is 326 g/mol. The van der Waals surface area contributed by atoms with Crippen molar-refractivity contribution in [3.8, 4) is 0 Å². The van der Waals surface area contributed by atoms with Crippen molar-refractivity contribution in [3.05, 3.63) is 53.2 Å². The SMILES string of the molecule is CN1CCN(C)B1C=C1COCC1=C[Si](C)(C)c1ccccc1. The molecule has 0 saturated carbocycles. The minimum absolute atomic E-state index is 0.400. The third-order valence-electron chi connectivity index (χ3n) is 5.04. The molecule has 0 N–H and O–H groups in total.